The van der Waals surface area contributed by atoms with Gasteiger partial charge in [-0.15, -0.1) is 0 Å². The Morgan fingerprint density at radius 2 is 2.11 bits per heavy atom. The molecule has 1 heterocycles. The van der Waals surface area contributed by atoms with Crippen LogP contribution in [0.4, 0.5) is 0 Å². The summed E-state index contributed by atoms with van der Waals surface area (Å²) in [6, 6.07) is -0.262. The van der Waals surface area contributed by atoms with Crippen molar-refractivity contribution in [2.45, 2.75) is 17.5 Å². The van der Waals surface area contributed by atoms with Gasteiger partial charge in [-0.25, -0.2) is 8.42 Å². The summed E-state index contributed by atoms with van der Waals surface area (Å²) in [5.41, 5.74) is 13.4. The second kappa shape index (κ2) is 4.33. The van der Waals surface area contributed by atoms with Crippen molar-refractivity contribution >= 4 is 9.84 Å². The number of sulfone groups is 1. The molecule has 0 saturated carbocycles. The molecule has 19 heavy (non-hydrogen) atoms. The van der Waals surface area contributed by atoms with Gasteiger partial charge in [-0.2, -0.15) is 0 Å². The quantitative estimate of drug-likeness (QED) is 0.558. The minimum Gasteiger partial charge on any atom is -0.399 e. The Morgan fingerprint density at radius 1 is 1.32 bits per heavy atom. The van der Waals surface area contributed by atoms with Gasteiger partial charge in [0.2, 0.25) is 0 Å². The Hall–Kier alpha value is -1.37. The van der Waals surface area contributed by atoms with E-state index in [4.69, 9.17) is 11.5 Å². The van der Waals surface area contributed by atoms with Gasteiger partial charge >= 0.3 is 0 Å². The van der Waals surface area contributed by atoms with Crippen molar-refractivity contribution in [2.75, 3.05) is 5.75 Å². The van der Waals surface area contributed by atoms with Gasteiger partial charge in [0, 0.05) is 17.7 Å². The second-order valence-electron chi connectivity index (χ2n) is 5.17. The highest BCUT2D eigenvalue weighted by atomic mass is 32.2. The Labute approximate surface area is 112 Å². The van der Waals surface area contributed by atoms with Gasteiger partial charge < -0.3 is 11.5 Å². The monoisotopic (exact) mass is 279 g/mol. The van der Waals surface area contributed by atoms with Crippen LogP contribution in [0.15, 0.2) is 47.7 Å². The Bertz CT molecular complexity index is 616. The molecule has 4 unspecified atom stereocenters. The zero-order chi connectivity index (χ0) is 13.6. The first-order valence-electron chi connectivity index (χ1n) is 6.24. The molecule has 5 N–H and O–H groups in total. The smallest absolute Gasteiger partial charge is 0.161 e. The van der Waals surface area contributed by atoms with E-state index < -0.39 is 21.3 Å². The van der Waals surface area contributed by atoms with E-state index in [0.717, 1.165) is 5.57 Å². The third-order valence-corrected chi connectivity index (χ3v) is 5.89. The fraction of sp³-hybridized carbons (Fsp3) is 0.385. The van der Waals surface area contributed by atoms with Crippen LogP contribution in [-0.2, 0) is 9.84 Å². The van der Waals surface area contributed by atoms with Gasteiger partial charge in [0.1, 0.15) is 0 Å². The lowest BCUT2D eigenvalue weighted by molar-refractivity contribution is 0.381. The summed E-state index contributed by atoms with van der Waals surface area (Å²) >= 11 is 0. The number of allylic oxidation sites excluding steroid dienone is 4. The summed E-state index contributed by atoms with van der Waals surface area (Å²) in [5.74, 6) is -0.0959. The standard InChI is InChI=1S/C13H17N3O2S/c14-9-5-4-8-2-1-3-11-13(10(8)6-9)16-12(15)7-19(11,17)18/h1-6,10-13,16H,7,14-15H2. The number of rotatable bonds is 0. The van der Waals surface area contributed by atoms with Crippen LogP contribution in [-0.4, -0.2) is 31.6 Å². The molecule has 0 bridgehead atoms. The summed E-state index contributed by atoms with van der Waals surface area (Å²) in [6.07, 6.45) is 10.6. The first kappa shape index (κ1) is 12.7. The molecule has 102 valence electrons. The molecular formula is C13H17N3O2S. The van der Waals surface area contributed by atoms with E-state index in [1.807, 2.05) is 30.4 Å². The number of hydrogen-bond acceptors (Lipinski definition) is 5. The third kappa shape index (κ3) is 2.16. The molecule has 1 aliphatic heterocycles. The predicted octanol–water partition coefficient (Wildman–Crippen LogP) is -0.449. The molecule has 4 atom stereocenters. The molecule has 0 aromatic heterocycles. The lowest BCUT2D eigenvalue weighted by Crippen LogP contribution is -2.62. The maximum absolute atomic E-state index is 12.3. The summed E-state index contributed by atoms with van der Waals surface area (Å²) in [5, 5.41) is 2.65. The van der Waals surface area contributed by atoms with E-state index >= 15 is 0 Å². The number of hydrogen-bond donors (Lipinski definition) is 3. The van der Waals surface area contributed by atoms with Crippen LogP contribution in [0.1, 0.15) is 0 Å². The molecule has 0 amide bonds. The second-order valence-corrected chi connectivity index (χ2v) is 7.37. The first-order valence-corrected chi connectivity index (χ1v) is 7.96. The average Bonchev–Trinajstić information content (AvgIpc) is 2.48. The van der Waals surface area contributed by atoms with Crippen molar-refractivity contribution in [1.29, 1.82) is 0 Å². The molecule has 0 radical (unpaired) electrons. The summed E-state index contributed by atoms with van der Waals surface area (Å²) in [4.78, 5) is 0. The average molecular weight is 279 g/mol. The predicted molar refractivity (Wildman–Crippen MR) is 74.6 cm³/mol. The van der Waals surface area contributed by atoms with Crippen LogP contribution in [0, 0.1) is 5.92 Å². The number of nitrogens with two attached hydrogens (primary N) is 2. The lowest BCUT2D eigenvalue weighted by Gasteiger charge is -2.38. The Morgan fingerprint density at radius 3 is 2.89 bits per heavy atom. The van der Waals surface area contributed by atoms with E-state index in [-0.39, 0.29) is 17.7 Å². The van der Waals surface area contributed by atoms with Crippen molar-refractivity contribution in [3.8, 4) is 0 Å². The summed E-state index contributed by atoms with van der Waals surface area (Å²) in [6.45, 7) is 0. The van der Waals surface area contributed by atoms with Crippen LogP contribution in [0.3, 0.4) is 0 Å². The van der Waals surface area contributed by atoms with Crippen molar-refractivity contribution in [1.82, 2.24) is 5.32 Å². The maximum Gasteiger partial charge on any atom is 0.161 e. The van der Waals surface area contributed by atoms with Crippen molar-refractivity contribution < 1.29 is 8.42 Å². The van der Waals surface area contributed by atoms with Crippen LogP contribution in [0.2, 0.25) is 0 Å². The van der Waals surface area contributed by atoms with Gasteiger partial charge in [0.25, 0.3) is 0 Å². The van der Waals surface area contributed by atoms with Gasteiger partial charge in [0.05, 0.1) is 17.2 Å². The topological polar surface area (TPSA) is 98.2 Å². The highest BCUT2D eigenvalue weighted by Crippen LogP contribution is 2.32. The Balaban J connectivity index is 2.06. The highest BCUT2D eigenvalue weighted by molar-refractivity contribution is 7.92. The minimum atomic E-state index is -3.23. The third-order valence-electron chi connectivity index (χ3n) is 3.79. The summed E-state index contributed by atoms with van der Waals surface area (Å²) < 4.78 is 24.5. The molecule has 3 aliphatic rings. The minimum absolute atomic E-state index is 0.0321. The zero-order valence-corrected chi connectivity index (χ0v) is 11.2. The molecule has 1 saturated heterocycles. The van der Waals surface area contributed by atoms with Crippen LogP contribution in [0.25, 0.3) is 0 Å². The Kier molecular flexibility index (Phi) is 2.88. The van der Waals surface area contributed by atoms with Gasteiger partial charge in [-0.1, -0.05) is 30.4 Å². The molecule has 1 fully saturated rings. The normalized spacial score (nSPS) is 39.6. The highest BCUT2D eigenvalue weighted by Gasteiger charge is 2.43. The first-order chi connectivity index (χ1) is 8.97. The fourth-order valence-electron chi connectivity index (χ4n) is 2.94. The lowest BCUT2D eigenvalue weighted by atomic mass is 9.86. The van der Waals surface area contributed by atoms with Gasteiger partial charge in [0.15, 0.2) is 9.84 Å². The van der Waals surface area contributed by atoms with Crippen molar-refractivity contribution in [3.63, 3.8) is 0 Å². The molecule has 6 heteroatoms. The summed E-state index contributed by atoms with van der Waals surface area (Å²) in [7, 11) is -3.23. The fourth-order valence-corrected chi connectivity index (χ4v) is 4.78. The van der Waals surface area contributed by atoms with E-state index in [0.29, 0.717) is 5.70 Å². The molecule has 5 nitrogen and oxygen atoms in total. The number of nitrogens with one attached hydrogen (secondary N) is 1. The largest absolute Gasteiger partial charge is 0.399 e. The van der Waals surface area contributed by atoms with Crippen LogP contribution < -0.4 is 16.8 Å². The van der Waals surface area contributed by atoms with Crippen LogP contribution in [0.5, 0.6) is 0 Å². The van der Waals surface area contributed by atoms with E-state index in [1.165, 1.54) is 0 Å². The van der Waals surface area contributed by atoms with Crippen molar-refractivity contribution in [3.05, 3.63) is 47.7 Å². The zero-order valence-electron chi connectivity index (χ0n) is 10.4. The van der Waals surface area contributed by atoms with Crippen LogP contribution >= 0.6 is 0 Å². The number of fused-ring (bicyclic) bond motifs is 3. The molecule has 0 spiro atoms. The molecule has 0 aromatic carbocycles. The van der Waals surface area contributed by atoms with Crippen molar-refractivity contribution in [2.24, 2.45) is 17.4 Å². The van der Waals surface area contributed by atoms with E-state index in [1.54, 1.807) is 6.08 Å². The molecule has 3 rings (SSSR count). The van der Waals surface area contributed by atoms with Gasteiger partial charge in [-0.3, -0.25) is 5.32 Å². The van der Waals surface area contributed by atoms with E-state index in [2.05, 4.69) is 5.32 Å². The van der Waals surface area contributed by atoms with E-state index in [9.17, 15) is 8.42 Å². The molecular weight excluding hydrogens is 262 g/mol. The SMILES string of the molecule is NC1=CC2C(=CC=CC3C2NC(N)CS3(=O)=O)C=C1. The maximum atomic E-state index is 12.3. The molecule has 2 aliphatic carbocycles. The van der Waals surface area contributed by atoms with Gasteiger partial charge in [-0.05, 0) is 11.6 Å². The molecule has 0 aromatic rings.